The Hall–Kier alpha value is -0.120. The van der Waals surface area contributed by atoms with E-state index in [9.17, 15) is 0 Å². The van der Waals surface area contributed by atoms with Crippen molar-refractivity contribution in [1.29, 1.82) is 0 Å². The van der Waals surface area contributed by atoms with Crippen molar-refractivity contribution in [3.63, 3.8) is 0 Å². The molecule has 0 amide bonds. The van der Waals surface area contributed by atoms with Gasteiger partial charge in [-0.15, -0.1) is 0 Å². The Balaban J connectivity index is 2.73. The van der Waals surface area contributed by atoms with Crippen LogP contribution in [0.4, 0.5) is 0 Å². The zero-order valence-corrected chi connectivity index (χ0v) is 11.1. The van der Waals surface area contributed by atoms with Crippen LogP contribution in [0.2, 0.25) is 0 Å². The number of hydrogen-bond donors (Lipinski definition) is 1. The first kappa shape index (κ1) is 12.9. The highest BCUT2D eigenvalue weighted by molar-refractivity contribution is 4.96. The number of ether oxygens (including phenoxy) is 1. The predicted molar refractivity (Wildman–Crippen MR) is 64.2 cm³/mol. The van der Waals surface area contributed by atoms with E-state index in [2.05, 4.69) is 44.8 Å². The van der Waals surface area contributed by atoms with Crippen molar-refractivity contribution in [2.75, 3.05) is 26.8 Å². The maximum atomic E-state index is 5.31. The van der Waals surface area contributed by atoms with Crippen LogP contribution in [0.1, 0.15) is 34.6 Å². The summed E-state index contributed by atoms with van der Waals surface area (Å²) < 4.78 is 5.31. The second-order valence-electron chi connectivity index (χ2n) is 5.99. The molecule has 1 saturated heterocycles. The quantitative estimate of drug-likeness (QED) is 0.770. The molecule has 0 aliphatic carbocycles. The molecule has 0 aromatic carbocycles. The molecule has 15 heavy (non-hydrogen) atoms. The third-order valence-electron chi connectivity index (χ3n) is 3.25. The molecule has 1 N–H and O–H groups in total. The average Bonchev–Trinajstić information content (AvgIpc) is 2.09. The van der Waals surface area contributed by atoms with E-state index in [4.69, 9.17) is 4.74 Å². The molecule has 3 heteroatoms. The number of nitrogens with one attached hydrogen (secondary N) is 1. The molecule has 1 rings (SSSR count). The van der Waals surface area contributed by atoms with Crippen LogP contribution in [-0.4, -0.2) is 48.8 Å². The maximum absolute atomic E-state index is 5.31. The smallest absolute Gasteiger partial charge is 0.0641 e. The monoisotopic (exact) mass is 214 g/mol. The molecule has 1 fully saturated rings. The van der Waals surface area contributed by atoms with Crippen molar-refractivity contribution in [3.05, 3.63) is 0 Å². The van der Waals surface area contributed by atoms with Crippen molar-refractivity contribution in [2.45, 2.75) is 51.7 Å². The van der Waals surface area contributed by atoms with Gasteiger partial charge in [0.2, 0.25) is 0 Å². The van der Waals surface area contributed by atoms with Crippen molar-refractivity contribution in [1.82, 2.24) is 10.2 Å². The lowest BCUT2D eigenvalue weighted by molar-refractivity contribution is -0.0249. The van der Waals surface area contributed by atoms with Crippen LogP contribution in [0.3, 0.4) is 0 Å². The Labute approximate surface area is 94.2 Å². The van der Waals surface area contributed by atoms with Gasteiger partial charge >= 0.3 is 0 Å². The summed E-state index contributed by atoms with van der Waals surface area (Å²) in [5.74, 6) is 0. The van der Waals surface area contributed by atoms with Crippen LogP contribution in [0, 0.1) is 0 Å². The van der Waals surface area contributed by atoms with Gasteiger partial charge in [0.15, 0.2) is 0 Å². The fourth-order valence-corrected chi connectivity index (χ4v) is 2.42. The predicted octanol–water partition coefficient (Wildman–Crippen LogP) is 1.48. The third-order valence-corrected chi connectivity index (χ3v) is 3.25. The van der Waals surface area contributed by atoms with E-state index in [1.807, 2.05) is 0 Å². The van der Waals surface area contributed by atoms with Gasteiger partial charge in [-0.3, -0.25) is 4.90 Å². The molecule has 0 aromatic rings. The molecule has 0 spiro atoms. The summed E-state index contributed by atoms with van der Waals surface area (Å²) in [5.41, 5.74) is 0.324. The molecule has 1 unspecified atom stereocenters. The van der Waals surface area contributed by atoms with Crippen molar-refractivity contribution in [3.8, 4) is 0 Å². The standard InChI is InChI=1S/C12H26N2O/c1-10-7-13-11(2,3)8-14(10)12(4,5)9-15-6/h10,13H,7-9H2,1-6H3. The van der Waals surface area contributed by atoms with Crippen molar-refractivity contribution >= 4 is 0 Å². The highest BCUT2D eigenvalue weighted by atomic mass is 16.5. The fourth-order valence-electron chi connectivity index (χ4n) is 2.42. The molecule has 0 bridgehead atoms. The molecule has 1 heterocycles. The van der Waals surface area contributed by atoms with Crippen LogP contribution in [0.15, 0.2) is 0 Å². The second-order valence-corrected chi connectivity index (χ2v) is 5.99. The van der Waals surface area contributed by atoms with Gasteiger partial charge in [-0.2, -0.15) is 0 Å². The third kappa shape index (κ3) is 3.16. The van der Waals surface area contributed by atoms with Crippen LogP contribution < -0.4 is 5.32 Å². The van der Waals surface area contributed by atoms with Gasteiger partial charge in [-0.05, 0) is 34.6 Å². The van der Waals surface area contributed by atoms with Crippen molar-refractivity contribution < 1.29 is 4.74 Å². The first-order chi connectivity index (χ1) is 6.78. The molecule has 0 saturated carbocycles. The number of rotatable bonds is 3. The van der Waals surface area contributed by atoms with E-state index >= 15 is 0 Å². The maximum Gasteiger partial charge on any atom is 0.0641 e. The Morgan fingerprint density at radius 1 is 1.47 bits per heavy atom. The zero-order chi connectivity index (χ0) is 11.7. The van der Waals surface area contributed by atoms with Gasteiger partial charge in [-0.25, -0.2) is 0 Å². The Bertz CT molecular complexity index is 214. The summed E-state index contributed by atoms with van der Waals surface area (Å²) in [5, 5.41) is 3.57. The van der Waals surface area contributed by atoms with Crippen LogP contribution in [0.5, 0.6) is 0 Å². The normalized spacial score (nSPS) is 28.0. The lowest BCUT2D eigenvalue weighted by Crippen LogP contribution is -2.66. The van der Waals surface area contributed by atoms with Crippen LogP contribution in [-0.2, 0) is 4.74 Å². The van der Waals surface area contributed by atoms with Gasteiger partial charge in [0.05, 0.1) is 6.61 Å². The fraction of sp³-hybridized carbons (Fsp3) is 1.00. The lowest BCUT2D eigenvalue weighted by Gasteiger charge is -2.50. The molecule has 0 aromatic heterocycles. The molecular weight excluding hydrogens is 188 g/mol. The zero-order valence-electron chi connectivity index (χ0n) is 11.1. The summed E-state index contributed by atoms with van der Waals surface area (Å²) in [6.07, 6.45) is 0. The second kappa shape index (κ2) is 4.40. The first-order valence-corrected chi connectivity index (χ1v) is 5.79. The highest BCUT2D eigenvalue weighted by Gasteiger charge is 2.38. The minimum atomic E-state index is 0.119. The van der Waals surface area contributed by atoms with E-state index in [0.717, 1.165) is 19.7 Å². The Morgan fingerprint density at radius 3 is 2.60 bits per heavy atom. The minimum Gasteiger partial charge on any atom is -0.383 e. The summed E-state index contributed by atoms with van der Waals surface area (Å²) in [4.78, 5) is 2.55. The summed E-state index contributed by atoms with van der Waals surface area (Å²) in [7, 11) is 1.78. The number of nitrogens with zero attached hydrogens (tertiary/aromatic N) is 1. The topological polar surface area (TPSA) is 24.5 Å². The lowest BCUT2D eigenvalue weighted by atomic mass is 9.92. The molecular formula is C12H26N2O. The van der Waals surface area contributed by atoms with Crippen LogP contribution >= 0.6 is 0 Å². The van der Waals surface area contributed by atoms with Gasteiger partial charge in [0.1, 0.15) is 0 Å². The van der Waals surface area contributed by atoms with E-state index in [-0.39, 0.29) is 11.1 Å². The molecule has 3 nitrogen and oxygen atoms in total. The van der Waals surface area contributed by atoms with E-state index in [0.29, 0.717) is 6.04 Å². The highest BCUT2D eigenvalue weighted by Crippen LogP contribution is 2.24. The number of piperazine rings is 1. The van der Waals surface area contributed by atoms with E-state index in [1.165, 1.54) is 0 Å². The molecule has 1 atom stereocenters. The summed E-state index contributed by atoms with van der Waals surface area (Å²) >= 11 is 0. The van der Waals surface area contributed by atoms with Crippen LogP contribution in [0.25, 0.3) is 0 Å². The largest absolute Gasteiger partial charge is 0.383 e. The number of methoxy groups -OCH3 is 1. The Kier molecular flexibility index (Phi) is 3.80. The van der Waals surface area contributed by atoms with Gasteiger partial charge in [0.25, 0.3) is 0 Å². The van der Waals surface area contributed by atoms with Crippen molar-refractivity contribution in [2.24, 2.45) is 0 Å². The SMILES string of the molecule is COCC(C)(C)N1CC(C)(C)NCC1C. The van der Waals surface area contributed by atoms with E-state index < -0.39 is 0 Å². The van der Waals surface area contributed by atoms with Gasteiger partial charge in [0, 0.05) is 37.3 Å². The van der Waals surface area contributed by atoms with Gasteiger partial charge < -0.3 is 10.1 Å². The first-order valence-electron chi connectivity index (χ1n) is 5.79. The van der Waals surface area contributed by atoms with Gasteiger partial charge in [-0.1, -0.05) is 0 Å². The summed E-state index contributed by atoms with van der Waals surface area (Å²) in [6.45, 7) is 14.2. The number of hydrogen-bond acceptors (Lipinski definition) is 3. The molecule has 90 valence electrons. The molecule has 1 aliphatic rings. The Morgan fingerprint density at radius 2 is 2.07 bits per heavy atom. The molecule has 0 radical (unpaired) electrons. The van der Waals surface area contributed by atoms with E-state index in [1.54, 1.807) is 7.11 Å². The summed E-state index contributed by atoms with van der Waals surface area (Å²) in [6, 6.07) is 0.572. The minimum absolute atomic E-state index is 0.119. The average molecular weight is 214 g/mol. The molecule has 1 aliphatic heterocycles.